The first-order valence-corrected chi connectivity index (χ1v) is 9.34. The Hall–Kier alpha value is -2.80. The van der Waals surface area contributed by atoms with Crippen molar-refractivity contribution in [2.75, 3.05) is 0 Å². The maximum Gasteiger partial charge on any atom is 0.329 e. The molecule has 5 nitrogen and oxygen atoms in total. The van der Waals surface area contributed by atoms with Gasteiger partial charge in [-0.1, -0.05) is 38.1 Å². The van der Waals surface area contributed by atoms with Gasteiger partial charge in [-0.2, -0.15) is 0 Å². The third-order valence-electron chi connectivity index (χ3n) is 4.00. The topological polar surface area (TPSA) is 68.3 Å². The Balaban J connectivity index is 1.66. The zero-order chi connectivity index (χ0) is 19.4. The summed E-state index contributed by atoms with van der Waals surface area (Å²) < 4.78 is 20.1. The van der Waals surface area contributed by atoms with Crippen molar-refractivity contribution in [3.8, 4) is 0 Å². The van der Waals surface area contributed by atoms with Gasteiger partial charge < -0.3 is 10.1 Å². The third-order valence-corrected chi connectivity index (χ3v) is 5.01. The van der Waals surface area contributed by atoms with Crippen LogP contribution in [-0.4, -0.2) is 22.9 Å². The summed E-state index contributed by atoms with van der Waals surface area (Å²) in [5.74, 6) is -2.08. The van der Waals surface area contributed by atoms with Gasteiger partial charge in [0.1, 0.15) is 23.5 Å². The molecule has 1 atom stereocenters. The minimum atomic E-state index is -0.883. The molecule has 0 fully saturated rings. The second-order valence-corrected chi connectivity index (χ2v) is 7.47. The van der Waals surface area contributed by atoms with Gasteiger partial charge in [-0.15, -0.1) is 11.3 Å². The van der Waals surface area contributed by atoms with Crippen molar-refractivity contribution in [2.24, 2.45) is 5.92 Å². The molecule has 1 N–H and O–H groups in total. The molecule has 0 unspecified atom stereocenters. The summed E-state index contributed by atoms with van der Waals surface area (Å²) in [6, 6.07) is 12.4. The fourth-order valence-corrected chi connectivity index (χ4v) is 3.45. The summed E-state index contributed by atoms with van der Waals surface area (Å²) in [6.07, 6.45) is 0. The molecule has 1 amide bonds. The smallest absolute Gasteiger partial charge is 0.329 e. The minimum Gasteiger partial charge on any atom is -0.457 e. The number of fused-ring (bicyclic) bond motifs is 1. The summed E-state index contributed by atoms with van der Waals surface area (Å²) in [7, 11) is 0. The fourth-order valence-electron chi connectivity index (χ4n) is 2.57. The van der Waals surface area contributed by atoms with Crippen LogP contribution in [0.25, 0.3) is 10.2 Å². The number of thiazole rings is 1. The molecule has 3 aromatic rings. The number of ether oxygens (including phenoxy) is 1. The van der Waals surface area contributed by atoms with Crippen LogP contribution in [0, 0.1) is 11.7 Å². The van der Waals surface area contributed by atoms with E-state index in [1.54, 1.807) is 19.9 Å². The average molecular weight is 386 g/mol. The Morgan fingerprint density at radius 3 is 2.56 bits per heavy atom. The first-order valence-electron chi connectivity index (χ1n) is 8.52. The Labute approximate surface area is 160 Å². The number of carbonyl (C=O) groups excluding carboxylic acids is 2. The van der Waals surface area contributed by atoms with Crippen LogP contribution in [0.2, 0.25) is 0 Å². The van der Waals surface area contributed by atoms with E-state index in [1.807, 2.05) is 24.3 Å². The van der Waals surface area contributed by atoms with E-state index in [4.69, 9.17) is 4.74 Å². The van der Waals surface area contributed by atoms with Crippen LogP contribution >= 0.6 is 11.3 Å². The quantitative estimate of drug-likeness (QED) is 0.652. The monoisotopic (exact) mass is 386 g/mol. The number of hydrogen-bond acceptors (Lipinski definition) is 5. The highest BCUT2D eigenvalue weighted by Crippen LogP contribution is 2.22. The van der Waals surface area contributed by atoms with E-state index < -0.39 is 23.7 Å². The molecule has 0 aliphatic heterocycles. The Morgan fingerprint density at radius 1 is 1.15 bits per heavy atom. The van der Waals surface area contributed by atoms with Crippen LogP contribution in [-0.2, 0) is 16.1 Å². The maximum absolute atomic E-state index is 13.8. The molecule has 3 rings (SSSR count). The summed E-state index contributed by atoms with van der Waals surface area (Å²) in [5.41, 5.74) is 0.740. The number of rotatable bonds is 6. The van der Waals surface area contributed by atoms with E-state index in [-0.39, 0.29) is 18.1 Å². The molecule has 27 heavy (non-hydrogen) atoms. The van der Waals surface area contributed by atoms with E-state index >= 15 is 0 Å². The Kier molecular flexibility index (Phi) is 5.81. The van der Waals surface area contributed by atoms with Gasteiger partial charge >= 0.3 is 5.97 Å². The van der Waals surface area contributed by atoms with Gasteiger partial charge in [0.25, 0.3) is 5.91 Å². The van der Waals surface area contributed by atoms with Crippen molar-refractivity contribution in [1.82, 2.24) is 10.3 Å². The second kappa shape index (κ2) is 8.26. The summed E-state index contributed by atoms with van der Waals surface area (Å²) in [4.78, 5) is 29.2. The second-order valence-electron chi connectivity index (χ2n) is 6.36. The molecule has 0 saturated heterocycles. The average Bonchev–Trinajstić information content (AvgIpc) is 3.07. The summed E-state index contributed by atoms with van der Waals surface area (Å²) in [6.45, 7) is 3.59. The van der Waals surface area contributed by atoms with Crippen molar-refractivity contribution < 1.29 is 18.7 Å². The summed E-state index contributed by atoms with van der Waals surface area (Å²) in [5, 5.41) is 3.24. The summed E-state index contributed by atoms with van der Waals surface area (Å²) >= 11 is 1.45. The lowest BCUT2D eigenvalue weighted by Crippen LogP contribution is -2.45. The molecule has 0 aliphatic carbocycles. The Morgan fingerprint density at radius 2 is 1.85 bits per heavy atom. The molecule has 7 heteroatoms. The zero-order valence-corrected chi connectivity index (χ0v) is 15.8. The molecule has 0 spiro atoms. The number of hydrogen-bond donors (Lipinski definition) is 1. The molecule has 2 aromatic carbocycles. The number of aromatic nitrogens is 1. The van der Waals surface area contributed by atoms with Gasteiger partial charge in [-0.05, 0) is 30.2 Å². The van der Waals surface area contributed by atoms with E-state index in [2.05, 4.69) is 10.3 Å². The predicted molar refractivity (Wildman–Crippen MR) is 102 cm³/mol. The first kappa shape index (κ1) is 19.0. The zero-order valence-electron chi connectivity index (χ0n) is 14.9. The van der Waals surface area contributed by atoms with Crippen molar-refractivity contribution in [1.29, 1.82) is 0 Å². The number of amides is 1. The number of halogens is 1. The number of para-hydroxylation sites is 1. The van der Waals surface area contributed by atoms with Gasteiger partial charge in [-0.3, -0.25) is 4.79 Å². The van der Waals surface area contributed by atoms with E-state index in [0.29, 0.717) is 5.01 Å². The lowest BCUT2D eigenvalue weighted by molar-refractivity contribution is -0.148. The highest BCUT2D eigenvalue weighted by Gasteiger charge is 2.27. The fraction of sp³-hybridized carbons (Fsp3) is 0.250. The lowest BCUT2D eigenvalue weighted by atomic mass is 10.0. The largest absolute Gasteiger partial charge is 0.457 e. The number of nitrogens with zero attached hydrogens (tertiary/aromatic N) is 1. The molecule has 140 valence electrons. The Bertz CT molecular complexity index is 938. The molecule has 0 bridgehead atoms. The number of carbonyl (C=O) groups is 2. The predicted octanol–water partition coefficient (Wildman–Crippen LogP) is 3.93. The van der Waals surface area contributed by atoms with Gasteiger partial charge in [-0.25, -0.2) is 14.2 Å². The lowest BCUT2D eigenvalue weighted by Gasteiger charge is -2.20. The molecule has 0 radical (unpaired) electrons. The van der Waals surface area contributed by atoms with E-state index in [1.165, 1.54) is 29.5 Å². The standard InChI is InChI=1S/C20H19FN2O3S/c1-12(2)18(23-19(24)13-7-3-4-8-14(13)21)20(25)26-11-17-22-15-9-5-6-10-16(15)27-17/h3-10,12,18H,11H2,1-2H3,(H,23,24)/t18-/m1/s1. The van der Waals surface area contributed by atoms with Crippen molar-refractivity contribution in [3.63, 3.8) is 0 Å². The van der Waals surface area contributed by atoms with Crippen LogP contribution in [0.15, 0.2) is 48.5 Å². The molecular formula is C20H19FN2O3S. The van der Waals surface area contributed by atoms with Crippen LogP contribution in [0.5, 0.6) is 0 Å². The van der Waals surface area contributed by atoms with Crippen molar-refractivity contribution in [2.45, 2.75) is 26.5 Å². The van der Waals surface area contributed by atoms with Gasteiger partial charge in [0.15, 0.2) is 0 Å². The molecular weight excluding hydrogens is 367 g/mol. The minimum absolute atomic E-state index is 0.0248. The van der Waals surface area contributed by atoms with Crippen LogP contribution in [0.1, 0.15) is 29.2 Å². The molecule has 1 heterocycles. The van der Waals surface area contributed by atoms with Crippen LogP contribution in [0.3, 0.4) is 0 Å². The normalized spacial score (nSPS) is 12.1. The first-order chi connectivity index (χ1) is 13.0. The SMILES string of the molecule is CC(C)[C@@H](NC(=O)c1ccccc1F)C(=O)OCc1nc2ccccc2s1. The van der Waals surface area contributed by atoms with E-state index in [9.17, 15) is 14.0 Å². The van der Waals surface area contributed by atoms with Crippen LogP contribution < -0.4 is 5.32 Å². The maximum atomic E-state index is 13.8. The number of benzene rings is 2. The number of esters is 1. The molecule has 0 saturated carbocycles. The number of nitrogens with one attached hydrogen (secondary N) is 1. The third kappa shape index (κ3) is 4.49. The van der Waals surface area contributed by atoms with Gasteiger partial charge in [0.2, 0.25) is 0 Å². The molecule has 1 aromatic heterocycles. The van der Waals surface area contributed by atoms with Crippen LogP contribution in [0.4, 0.5) is 4.39 Å². The molecule has 0 aliphatic rings. The highest BCUT2D eigenvalue weighted by molar-refractivity contribution is 7.18. The van der Waals surface area contributed by atoms with Gasteiger partial charge in [0, 0.05) is 0 Å². The van der Waals surface area contributed by atoms with E-state index in [0.717, 1.165) is 10.2 Å². The highest BCUT2D eigenvalue weighted by atomic mass is 32.1. The van der Waals surface area contributed by atoms with Crippen molar-refractivity contribution in [3.05, 3.63) is 64.9 Å². The van der Waals surface area contributed by atoms with Crippen molar-refractivity contribution >= 4 is 33.4 Å². The van der Waals surface area contributed by atoms with Gasteiger partial charge in [0.05, 0.1) is 15.8 Å².